The van der Waals surface area contributed by atoms with E-state index < -0.39 is 0 Å². The summed E-state index contributed by atoms with van der Waals surface area (Å²) in [7, 11) is 0. The molecule has 0 aliphatic carbocycles. The average Bonchev–Trinajstić information content (AvgIpc) is 2.99. The summed E-state index contributed by atoms with van der Waals surface area (Å²) in [5, 5.41) is 14.4. The molecule has 106 valence electrons. The second-order valence-electron chi connectivity index (χ2n) is 4.74. The summed E-state index contributed by atoms with van der Waals surface area (Å²) < 4.78 is 14.7. The Balaban J connectivity index is 1.74. The third kappa shape index (κ3) is 3.05. The maximum Gasteiger partial charge on any atom is 0.143 e. The quantitative estimate of drug-likeness (QED) is 0.800. The number of nitrogens with zero attached hydrogens (tertiary/aromatic N) is 4. The van der Waals surface area contributed by atoms with E-state index in [4.69, 9.17) is 0 Å². The Hall–Kier alpha value is -2.76. The minimum atomic E-state index is -0.223. The van der Waals surface area contributed by atoms with Crippen molar-refractivity contribution < 1.29 is 4.39 Å². The van der Waals surface area contributed by atoms with Gasteiger partial charge < -0.3 is 5.32 Å². The molecule has 21 heavy (non-hydrogen) atoms. The standard InChI is InChI=1S/C15H14FN5/c1-11-7-14(5-6-15(11)21-10-18-19-20-21)17-9-12-3-2-4-13(16)8-12/h2-8,10,17H,9H2,1H3. The number of aryl methyl sites for hydroxylation is 1. The van der Waals surface area contributed by atoms with E-state index in [1.807, 2.05) is 31.2 Å². The molecular formula is C15H14FN5. The van der Waals surface area contributed by atoms with Gasteiger partial charge in [0.1, 0.15) is 12.1 Å². The Morgan fingerprint density at radius 1 is 1.19 bits per heavy atom. The SMILES string of the molecule is Cc1cc(NCc2cccc(F)c2)ccc1-n1cnnn1. The molecule has 2 aromatic carbocycles. The molecule has 0 atom stereocenters. The first kappa shape index (κ1) is 13.2. The highest BCUT2D eigenvalue weighted by Crippen LogP contribution is 2.18. The lowest BCUT2D eigenvalue weighted by Gasteiger charge is -2.10. The van der Waals surface area contributed by atoms with E-state index >= 15 is 0 Å². The van der Waals surface area contributed by atoms with Gasteiger partial charge in [-0.25, -0.2) is 9.07 Å². The maximum atomic E-state index is 13.1. The smallest absolute Gasteiger partial charge is 0.143 e. The van der Waals surface area contributed by atoms with Crippen molar-refractivity contribution in [2.75, 3.05) is 5.32 Å². The zero-order valence-corrected chi connectivity index (χ0v) is 11.5. The predicted octanol–water partition coefficient (Wildman–Crippen LogP) is 2.72. The number of rotatable bonds is 4. The molecule has 6 heteroatoms. The highest BCUT2D eigenvalue weighted by atomic mass is 19.1. The number of halogens is 1. The van der Waals surface area contributed by atoms with Gasteiger partial charge in [0, 0.05) is 12.2 Å². The van der Waals surface area contributed by atoms with E-state index in [0.29, 0.717) is 6.54 Å². The normalized spacial score (nSPS) is 10.6. The number of aromatic nitrogens is 4. The van der Waals surface area contributed by atoms with E-state index in [-0.39, 0.29) is 5.82 Å². The average molecular weight is 283 g/mol. The van der Waals surface area contributed by atoms with Crippen LogP contribution in [0.5, 0.6) is 0 Å². The predicted molar refractivity (Wildman–Crippen MR) is 77.6 cm³/mol. The van der Waals surface area contributed by atoms with Crippen LogP contribution in [0.1, 0.15) is 11.1 Å². The highest BCUT2D eigenvalue weighted by Gasteiger charge is 2.04. The summed E-state index contributed by atoms with van der Waals surface area (Å²) in [5.41, 5.74) is 3.84. The van der Waals surface area contributed by atoms with Crippen LogP contribution in [0.4, 0.5) is 10.1 Å². The van der Waals surface area contributed by atoms with Crippen LogP contribution in [-0.2, 0) is 6.54 Å². The molecule has 3 rings (SSSR count). The molecule has 0 fully saturated rings. The molecule has 0 saturated heterocycles. The van der Waals surface area contributed by atoms with Gasteiger partial charge in [0.05, 0.1) is 5.69 Å². The lowest BCUT2D eigenvalue weighted by atomic mass is 10.1. The van der Waals surface area contributed by atoms with Crippen molar-refractivity contribution in [2.24, 2.45) is 0 Å². The van der Waals surface area contributed by atoms with Crippen LogP contribution < -0.4 is 5.32 Å². The summed E-state index contributed by atoms with van der Waals surface area (Å²) in [5.74, 6) is -0.223. The van der Waals surface area contributed by atoms with Crippen LogP contribution in [0.3, 0.4) is 0 Å². The van der Waals surface area contributed by atoms with Gasteiger partial charge in [0.15, 0.2) is 0 Å². The molecule has 0 radical (unpaired) electrons. The van der Waals surface area contributed by atoms with Crippen molar-refractivity contribution in [3.8, 4) is 5.69 Å². The Kier molecular flexibility index (Phi) is 3.59. The molecule has 3 aromatic rings. The lowest BCUT2D eigenvalue weighted by molar-refractivity contribution is 0.626. The molecule has 1 heterocycles. The second kappa shape index (κ2) is 5.70. The van der Waals surface area contributed by atoms with E-state index in [9.17, 15) is 4.39 Å². The minimum Gasteiger partial charge on any atom is -0.381 e. The largest absolute Gasteiger partial charge is 0.381 e. The van der Waals surface area contributed by atoms with Crippen LogP contribution >= 0.6 is 0 Å². The fourth-order valence-corrected chi connectivity index (χ4v) is 2.15. The number of benzene rings is 2. The molecule has 0 saturated carbocycles. The highest BCUT2D eigenvalue weighted by molar-refractivity contribution is 5.53. The van der Waals surface area contributed by atoms with Gasteiger partial charge in [-0.05, 0) is 58.8 Å². The molecule has 1 aromatic heterocycles. The van der Waals surface area contributed by atoms with E-state index in [2.05, 4.69) is 20.8 Å². The Morgan fingerprint density at radius 3 is 2.81 bits per heavy atom. The topological polar surface area (TPSA) is 55.6 Å². The summed E-state index contributed by atoms with van der Waals surface area (Å²) in [6.45, 7) is 2.56. The number of anilines is 1. The number of hydrogen-bond donors (Lipinski definition) is 1. The number of hydrogen-bond acceptors (Lipinski definition) is 4. The molecule has 0 amide bonds. The molecule has 0 aliphatic rings. The Bertz CT molecular complexity index is 740. The first-order valence-corrected chi connectivity index (χ1v) is 6.55. The molecule has 0 bridgehead atoms. The van der Waals surface area contributed by atoms with Crippen LogP contribution in [0, 0.1) is 12.7 Å². The third-order valence-electron chi connectivity index (χ3n) is 3.18. The Labute approximate surface area is 121 Å². The molecule has 0 spiro atoms. The summed E-state index contributed by atoms with van der Waals surface area (Å²) in [6.07, 6.45) is 1.56. The van der Waals surface area contributed by atoms with Gasteiger partial charge in [0.2, 0.25) is 0 Å². The molecule has 1 N–H and O–H groups in total. The van der Waals surface area contributed by atoms with E-state index in [1.54, 1.807) is 17.1 Å². The van der Waals surface area contributed by atoms with Crippen molar-refractivity contribution in [3.63, 3.8) is 0 Å². The van der Waals surface area contributed by atoms with Crippen molar-refractivity contribution in [1.29, 1.82) is 0 Å². The fraction of sp³-hybridized carbons (Fsp3) is 0.133. The van der Waals surface area contributed by atoms with Gasteiger partial charge in [-0.2, -0.15) is 0 Å². The Morgan fingerprint density at radius 2 is 2.10 bits per heavy atom. The second-order valence-corrected chi connectivity index (χ2v) is 4.74. The van der Waals surface area contributed by atoms with Crippen LogP contribution in [0.25, 0.3) is 5.69 Å². The van der Waals surface area contributed by atoms with Crippen LogP contribution in [-0.4, -0.2) is 20.2 Å². The van der Waals surface area contributed by atoms with Crippen molar-refractivity contribution in [1.82, 2.24) is 20.2 Å². The van der Waals surface area contributed by atoms with Gasteiger partial charge in [-0.1, -0.05) is 12.1 Å². The first-order valence-electron chi connectivity index (χ1n) is 6.55. The molecule has 5 nitrogen and oxygen atoms in total. The van der Waals surface area contributed by atoms with Gasteiger partial charge >= 0.3 is 0 Å². The van der Waals surface area contributed by atoms with Crippen molar-refractivity contribution in [3.05, 3.63) is 65.7 Å². The number of tetrazole rings is 1. The van der Waals surface area contributed by atoms with Crippen LogP contribution in [0.2, 0.25) is 0 Å². The van der Waals surface area contributed by atoms with E-state index in [0.717, 1.165) is 22.5 Å². The third-order valence-corrected chi connectivity index (χ3v) is 3.18. The summed E-state index contributed by atoms with van der Waals surface area (Å²) in [6, 6.07) is 12.5. The number of nitrogens with one attached hydrogen (secondary N) is 1. The van der Waals surface area contributed by atoms with Gasteiger partial charge in [-0.3, -0.25) is 0 Å². The summed E-state index contributed by atoms with van der Waals surface area (Å²) >= 11 is 0. The molecule has 0 aliphatic heterocycles. The maximum absolute atomic E-state index is 13.1. The zero-order valence-electron chi connectivity index (χ0n) is 11.5. The van der Waals surface area contributed by atoms with E-state index in [1.165, 1.54) is 12.1 Å². The van der Waals surface area contributed by atoms with Crippen molar-refractivity contribution >= 4 is 5.69 Å². The van der Waals surface area contributed by atoms with Gasteiger partial charge in [-0.15, -0.1) is 5.10 Å². The lowest BCUT2D eigenvalue weighted by Crippen LogP contribution is -2.02. The van der Waals surface area contributed by atoms with Gasteiger partial charge in [0.25, 0.3) is 0 Å². The first-order chi connectivity index (χ1) is 10.2. The monoisotopic (exact) mass is 283 g/mol. The zero-order chi connectivity index (χ0) is 14.7. The minimum absolute atomic E-state index is 0.223. The van der Waals surface area contributed by atoms with Crippen LogP contribution in [0.15, 0.2) is 48.8 Å². The molecular weight excluding hydrogens is 269 g/mol. The fourth-order valence-electron chi connectivity index (χ4n) is 2.15. The summed E-state index contributed by atoms with van der Waals surface area (Å²) in [4.78, 5) is 0. The van der Waals surface area contributed by atoms with Crippen molar-refractivity contribution in [2.45, 2.75) is 13.5 Å². The molecule has 0 unspecified atom stereocenters.